The minimum Gasteiger partial charge on any atom is -0.469 e. The number of carbonyl (C=O) groups is 4. The third kappa shape index (κ3) is 10.0. The first kappa shape index (κ1) is 26.5. The van der Waals surface area contributed by atoms with Gasteiger partial charge in [-0.1, -0.05) is 13.8 Å². The molecule has 0 saturated heterocycles. The van der Waals surface area contributed by atoms with Gasteiger partial charge in [-0.15, -0.1) is 0 Å². The van der Waals surface area contributed by atoms with Crippen molar-refractivity contribution in [2.24, 2.45) is 5.92 Å². The number of amides is 3. The summed E-state index contributed by atoms with van der Waals surface area (Å²) >= 11 is 0. The average Bonchev–Trinajstić information content (AvgIpc) is 2.75. The highest BCUT2D eigenvalue weighted by molar-refractivity contribution is 5.94. The van der Waals surface area contributed by atoms with E-state index in [0.717, 1.165) is 0 Å². The van der Waals surface area contributed by atoms with Crippen LogP contribution in [0.25, 0.3) is 0 Å². The number of nitro groups is 1. The van der Waals surface area contributed by atoms with Gasteiger partial charge >= 0.3 is 5.97 Å². The van der Waals surface area contributed by atoms with Crippen molar-refractivity contribution in [3.8, 4) is 0 Å². The summed E-state index contributed by atoms with van der Waals surface area (Å²) in [6.07, 6.45) is 1.01. The number of benzene rings is 1. The number of rotatable bonds is 13. The van der Waals surface area contributed by atoms with Gasteiger partial charge in [-0.05, 0) is 30.9 Å². The van der Waals surface area contributed by atoms with Crippen LogP contribution in [0.4, 0.5) is 5.69 Å². The molecule has 11 nitrogen and oxygen atoms in total. The Morgan fingerprint density at radius 2 is 1.69 bits per heavy atom. The average molecular weight is 450 g/mol. The lowest BCUT2D eigenvalue weighted by molar-refractivity contribution is -0.384. The third-order valence-corrected chi connectivity index (χ3v) is 4.42. The van der Waals surface area contributed by atoms with Crippen molar-refractivity contribution in [3.63, 3.8) is 0 Å². The predicted molar refractivity (Wildman–Crippen MR) is 116 cm³/mol. The van der Waals surface area contributed by atoms with E-state index in [-0.39, 0.29) is 55.0 Å². The topological polar surface area (TPSA) is 157 Å². The Morgan fingerprint density at radius 3 is 2.25 bits per heavy atom. The molecule has 0 radical (unpaired) electrons. The van der Waals surface area contributed by atoms with E-state index in [9.17, 15) is 29.3 Å². The smallest absolute Gasteiger partial charge is 0.305 e. The summed E-state index contributed by atoms with van der Waals surface area (Å²) in [5.74, 6) is -1.41. The van der Waals surface area contributed by atoms with E-state index in [1.165, 1.54) is 31.4 Å². The van der Waals surface area contributed by atoms with Gasteiger partial charge < -0.3 is 20.7 Å². The zero-order valence-electron chi connectivity index (χ0n) is 18.5. The van der Waals surface area contributed by atoms with Crippen molar-refractivity contribution in [2.45, 2.75) is 45.6 Å². The SMILES string of the molecule is COC(=O)CCCNC(=O)[C@H](CC(C)C)NC(=O)CCNC(=O)c1ccc([N+](=O)[O-])cc1. The van der Waals surface area contributed by atoms with Gasteiger partial charge in [0.25, 0.3) is 11.6 Å². The largest absolute Gasteiger partial charge is 0.469 e. The van der Waals surface area contributed by atoms with Gasteiger partial charge in [-0.25, -0.2) is 0 Å². The minimum absolute atomic E-state index is 0.0385. The van der Waals surface area contributed by atoms with E-state index >= 15 is 0 Å². The molecule has 11 heteroatoms. The van der Waals surface area contributed by atoms with E-state index in [0.29, 0.717) is 12.8 Å². The molecule has 1 atom stereocenters. The fourth-order valence-electron chi connectivity index (χ4n) is 2.77. The number of hydrogen-bond acceptors (Lipinski definition) is 7. The van der Waals surface area contributed by atoms with Crippen LogP contribution in [-0.2, 0) is 19.1 Å². The summed E-state index contributed by atoms with van der Waals surface area (Å²) in [6.45, 7) is 4.17. The lowest BCUT2D eigenvalue weighted by Crippen LogP contribution is -2.48. The Hall–Kier alpha value is -3.50. The Kier molecular flexibility index (Phi) is 11.4. The molecule has 0 heterocycles. The Bertz CT molecular complexity index is 809. The zero-order valence-corrected chi connectivity index (χ0v) is 18.5. The molecule has 1 aromatic carbocycles. The molecule has 1 rings (SSSR count). The second-order valence-electron chi connectivity index (χ2n) is 7.53. The molecule has 32 heavy (non-hydrogen) atoms. The number of nitro benzene ring substituents is 1. The molecular weight excluding hydrogens is 420 g/mol. The number of nitrogens with one attached hydrogen (secondary N) is 3. The Balaban J connectivity index is 2.47. The Morgan fingerprint density at radius 1 is 1.03 bits per heavy atom. The molecule has 0 unspecified atom stereocenters. The van der Waals surface area contributed by atoms with Gasteiger partial charge in [-0.2, -0.15) is 0 Å². The first-order chi connectivity index (χ1) is 15.1. The molecule has 0 aromatic heterocycles. The zero-order chi connectivity index (χ0) is 24.1. The second kappa shape index (κ2) is 13.7. The van der Waals surface area contributed by atoms with E-state index in [4.69, 9.17) is 0 Å². The van der Waals surface area contributed by atoms with Gasteiger partial charge in [0.1, 0.15) is 6.04 Å². The molecule has 0 aliphatic rings. The molecular formula is C21H30N4O7. The van der Waals surface area contributed by atoms with Crippen LogP contribution < -0.4 is 16.0 Å². The highest BCUT2D eigenvalue weighted by Gasteiger charge is 2.21. The fraction of sp³-hybridized carbons (Fsp3) is 0.524. The minimum atomic E-state index is -0.731. The van der Waals surface area contributed by atoms with E-state index < -0.39 is 22.8 Å². The maximum Gasteiger partial charge on any atom is 0.305 e. The molecule has 0 bridgehead atoms. The molecule has 3 amide bonds. The maximum atomic E-state index is 12.4. The Labute approximate surface area is 186 Å². The first-order valence-corrected chi connectivity index (χ1v) is 10.3. The number of methoxy groups -OCH3 is 1. The summed E-state index contributed by atoms with van der Waals surface area (Å²) < 4.78 is 4.54. The van der Waals surface area contributed by atoms with Gasteiger partial charge in [0.05, 0.1) is 12.0 Å². The summed E-state index contributed by atoms with van der Waals surface area (Å²) in [5, 5.41) is 18.6. The lowest BCUT2D eigenvalue weighted by atomic mass is 10.0. The van der Waals surface area contributed by atoms with Crippen molar-refractivity contribution in [3.05, 3.63) is 39.9 Å². The number of nitrogens with zero attached hydrogens (tertiary/aromatic N) is 1. The van der Waals surface area contributed by atoms with Crippen LogP contribution in [0.1, 0.15) is 49.9 Å². The molecule has 1 aromatic rings. The van der Waals surface area contributed by atoms with Crippen LogP contribution in [-0.4, -0.2) is 54.9 Å². The van der Waals surface area contributed by atoms with E-state index in [1.54, 1.807) is 0 Å². The summed E-state index contributed by atoms with van der Waals surface area (Å²) in [5.41, 5.74) is 0.112. The molecule has 0 saturated carbocycles. The van der Waals surface area contributed by atoms with Gasteiger partial charge in [0.15, 0.2) is 0 Å². The van der Waals surface area contributed by atoms with Crippen molar-refractivity contribution in [2.75, 3.05) is 20.2 Å². The highest BCUT2D eigenvalue weighted by Crippen LogP contribution is 2.11. The molecule has 0 fully saturated rings. The normalized spacial score (nSPS) is 11.4. The maximum absolute atomic E-state index is 12.4. The summed E-state index contributed by atoms with van der Waals surface area (Å²) in [7, 11) is 1.30. The van der Waals surface area contributed by atoms with Crippen LogP contribution in [0, 0.1) is 16.0 Å². The van der Waals surface area contributed by atoms with Gasteiger partial charge in [-0.3, -0.25) is 29.3 Å². The van der Waals surface area contributed by atoms with Crippen molar-refractivity contribution in [1.29, 1.82) is 0 Å². The first-order valence-electron chi connectivity index (χ1n) is 10.3. The fourth-order valence-corrected chi connectivity index (χ4v) is 2.77. The van der Waals surface area contributed by atoms with Gasteiger partial charge in [0.2, 0.25) is 11.8 Å². The molecule has 0 aliphatic heterocycles. The van der Waals surface area contributed by atoms with Crippen molar-refractivity contribution < 1.29 is 28.8 Å². The van der Waals surface area contributed by atoms with Crippen LogP contribution >= 0.6 is 0 Å². The third-order valence-electron chi connectivity index (χ3n) is 4.42. The summed E-state index contributed by atoms with van der Waals surface area (Å²) in [6, 6.07) is 4.38. The lowest BCUT2D eigenvalue weighted by Gasteiger charge is -2.20. The predicted octanol–water partition coefficient (Wildman–Crippen LogP) is 1.32. The molecule has 0 aliphatic carbocycles. The molecule has 3 N–H and O–H groups in total. The number of ether oxygens (including phenoxy) is 1. The quantitative estimate of drug-likeness (QED) is 0.177. The number of hydrogen-bond donors (Lipinski definition) is 3. The number of esters is 1. The number of non-ortho nitro benzene ring substituents is 1. The van der Waals surface area contributed by atoms with Crippen molar-refractivity contribution in [1.82, 2.24) is 16.0 Å². The highest BCUT2D eigenvalue weighted by atomic mass is 16.6. The summed E-state index contributed by atoms with van der Waals surface area (Å²) in [4.78, 5) is 58.0. The van der Waals surface area contributed by atoms with Gasteiger partial charge in [0, 0.05) is 43.6 Å². The van der Waals surface area contributed by atoms with Crippen LogP contribution in [0.15, 0.2) is 24.3 Å². The van der Waals surface area contributed by atoms with Crippen LogP contribution in [0.2, 0.25) is 0 Å². The monoisotopic (exact) mass is 450 g/mol. The van der Waals surface area contributed by atoms with E-state index in [1.807, 2.05) is 13.8 Å². The van der Waals surface area contributed by atoms with Crippen LogP contribution in [0.5, 0.6) is 0 Å². The van der Waals surface area contributed by atoms with E-state index in [2.05, 4.69) is 20.7 Å². The standard InChI is InChI=1S/C21H30N4O7/c1-14(2)13-17(21(29)22-11-4-5-19(27)32-3)24-18(26)10-12-23-20(28)15-6-8-16(9-7-15)25(30)31/h6-9,14,17H,4-5,10-13H2,1-3H3,(H,22,29)(H,23,28)(H,24,26)/t17-/m0/s1. The number of carbonyl (C=O) groups excluding carboxylic acids is 4. The molecule has 0 spiro atoms. The molecule has 176 valence electrons. The second-order valence-corrected chi connectivity index (χ2v) is 7.53. The van der Waals surface area contributed by atoms with Crippen LogP contribution in [0.3, 0.4) is 0 Å². The van der Waals surface area contributed by atoms with Crippen molar-refractivity contribution >= 4 is 29.4 Å².